The van der Waals surface area contributed by atoms with E-state index in [1.807, 2.05) is 25.1 Å². The summed E-state index contributed by atoms with van der Waals surface area (Å²) in [5.74, 6) is -0.0671. The van der Waals surface area contributed by atoms with Crippen LogP contribution in [0.4, 0.5) is 0 Å². The van der Waals surface area contributed by atoms with Crippen molar-refractivity contribution in [3.63, 3.8) is 0 Å². The van der Waals surface area contributed by atoms with Gasteiger partial charge in [-0.2, -0.15) is 5.26 Å². The van der Waals surface area contributed by atoms with E-state index >= 15 is 0 Å². The van der Waals surface area contributed by atoms with Gasteiger partial charge in [-0.15, -0.1) is 6.58 Å². The lowest BCUT2D eigenvalue weighted by molar-refractivity contribution is 0.0758. The highest BCUT2D eigenvalue weighted by molar-refractivity contribution is 5.99. The van der Waals surface area contributed by atoms with Gasteiger partial charge in [0.2, 0.25) is 0 Å². The fraction of sp³-hybridized carbons (Fsp3) is 0.182. The predicted molar refractivity (Wildman–Crippen MR) is 104 cm³/mol. The molecule has 0 fully saturated rings. The lowest BCUT2D eigenvalue weighted by Gasteiger charge is -2.20. The molecule has 0 aliphatic carbocycles. The molecule has 1 N–H and O–H groups in total. The second-order valence-corrected chi connectivity index (χ2v) is 6.51. The molecule has 3 rings (SSSR count). The fourth-order valence-corrected chi connectivity index (χ4v) is 3.17. The molecule has 3 aromatic rings. The number of nitrogens with one attached hydrogen (secondary N) is 1. The number of amides is 1. The lowest BCUT2D eigenvalue weighted by atomic mass is 10.1. The van der Waals surface area contributed by atoms with E-state index in [4.69, 9.17) is 5.26 Å². The minimum atomic E-state index is -0.0671. The van der Waals surface area contributed by atoms with E-state index in [0.717, 1.165) is 27.6 Å². The van der Waals surface area contributed by atoms with Gasteiger partial charge in [-0.05, 0) is 54.8 Å². The zero-order valence-electron chi connectivity index (χ0n) is 15.0. The van der Waals surface area contributed by atoms with Gasteiger partial charge in [0.15, 0.2) is 0 Å². The molecule has 2 aromatic carbocycles. The van der Waals surface area contributed by atoms with Crippen LogP contribution in [-0.4, -0.2) is 22.3 Å². The molecule has 0 aliphatic rings. The van der Waals surface area contributed by atoms with Crippen LogP contribution in [0.3, 0.4) is 0 Å². The first kappa shape index (κ1) is 17.5. The monoisotopic (exact) mass is 343 g/mol. The Balaban J connectivity index is 1.89. The Bertz CT molecular complexity index is 1010. The molecular formula is C22H21N3O. The number of rotatable bonds is 5. The lowest BCUT2D eigenvalue weighted by Crippen LogP contribution is -2.30. The average molecular weight is 343 g/mol. The third-order valence-electron chi connectivity index (χ3n) is 4.41. The van der Waals surface area contributed by atoms with Gasteiger partial charge in [0, 0.05) is 24.0 Å². The van der Waals surface area contributed by atoms with Crippen molar-refractivity contribution in [2.45, 2.75) is 20.4 Å². The summed E-state index contributed by atoms with van der Waals surface area (Å²) in [6, 6.07) is 15.5. The van der Waals surface area contributed by atoms with Crippen LogP contribution in [0.25, 0.3) is 10.9 Å². The maximum absolute atomic E-state index is 13.0. The van der Waals surface area contributed by atoms with Crippen molar-refractivity contribution in [2.75, 3.05) is 6.54 Å². The van der Waals surface area contributed by atoms with Gasteiger partial charge in [0.05, 0.1) is 11.6 Å². The Morgan fingerprint density at radius 1 is 1.23 bits per heavy atom. The number of benzene rings is 2. The SMILES string of the molecule is C=CCN(Cc1ccc(C#N)cc1)C(=O)c1cc2c(C)cc(C)cc2[nH]1. The molecule has 0 atom stereocenters. The van der Waals surface area contributed by atoms with E-state index < -0.39 is 0 Å². The molecule has 0 spiro atoms. The average Bonchev–Trinajstić information content (AvgIpc) is 3.05. The van der Waals surface area contributed by atoms with Crippen molar-refractivity contribution in [3.8, 4) is 6.07 Å². The number of carbonyl (C=O) groups excluding carboxylic acids is 1. The molecule has 130 valence electrons. The molecule has 1 heterocycles. The molecule has 26 heavy (non-hydrogen) atoms. The van der Waals surface area contributed by atoms with Gasteiger partial charge in [0.25, 0.3) is 5.91 Å². The Morgan fingerprint density at radius 2 is 1.96 bits per heavy atom. The van der Waals surface area contributed by atoms with Gasteiger partial charge in [-0.1, -0.05) is 24.3 Å². The Morgan fingerprint density at radius 3 is 2.62 bits per heavy atom. The molecule has 0 saturated carbocycles. The first-order chi connectivity index (χ1) is 12.5. The van der Waals surface area contributed by atoms with E-state index in [0.29, 0.717) is 24.3 Å². The quantitative estimate of drug-likeness (QED) is 0.694. The minimum Gasteiger partial charge on any atom is -0.351 e. The summed E-state index contributed by atoms with van der Waals surface area (Å²) < 4.78 is 0. The summed E-state index contributed by atoms with van der Waals surface area (Å²) in [6.07, 6.45) is 1.72. The number of aromatic amines is 1. The summed E-state index contributed by atoms with van der Waals surface area (Å²) in [5.41, 5.74) is 5.44. The largest absolute Gasteiger partial charge is 0.351 e. The predicted octanol–water partition coefficient (Wildman–Crippen LogP) is 4.48. The molecule has 4 nitrogen and oxygen atoms in total. The number of nitriles is 1. The van der Waals surface area contributed by atoms with Crippen molar-refractivity contribution in [1.29, 1.82) is 5.26 Å². The highest BCUT2D eigenvalue weighted by Crippen LogP contribution is 2.22. The van der Waals surface area contributed by atoms with Gasteiger partial charge in [-0.25, -0.2) is 0 Å². The first-order valence-corrected chi connectivity index (χ1v) is 8.51. The van der Waals surface area contributed by atoms with Crippen molar-refractivity contribution in [3.05, 3.63) is 83.1 Å². The molecule has 0 bridgehead atoms. The molecule has 0 radical (unpaired) electrons. The Kier molecular flexibility index (Phi) is 4.90. The number of aryl methyl sites for hydroxylation is 2. The van der Waals surface area contributed by atoms with Crippen LogP contribution in [0.5, 0.6) is 0 Å². The van der Waals surface area contributed by atoms with Gasteiger partial charge >= 0.3 is 0 Å². The molecule has 1 amide bonds. The van der Waals surface area contributed by atoms with Crippen LogP contribution < -0.4 is 0 Å². The maximum Gasteiger partial charge on any atom is 0.270 e. The number of fused-ring (bicyclic) bond motifs is 1. The molecule has 0 aliphatic heterocycles. The third kappa shape index (κ3) is 3.52. The van der Waals surface area contributed by atoms with Gasteiger partial charge in [0.1, 0.15) is 5.69 Å². The van der Waals surface area contributed by atoms with E-state index in [2.05, 4.69) is 36.7 Å². The van der Waals surface area contributed by atoms with Crippen LogP contribution in [-0.2, 0) is 6.54 Å². The summed E-state index contributed by atoms with van der Waals surface area (Å²) in [6.45, 7) is 8.78. The molecular weight excluding hydrogens is 322 g/mol. The smallest absolute Gasteiger partial charge is 0.270 e. The van der Waals surface area contributed by atoms with Crippen molar-refractivity contribution in [2.24, 2.45) is 0 Å². The van der Waals surface area contributed by atoms with E-state index in [-0.39, 0.29) is 5.91 Å². The zero-order chi connectivity index (χ0) is 18.7. The molecule has 0 unspecified atom stereocenters. The second-order valence-electron chi connectivity index (χ2n) is 6.51. The summed E-state index contributed by atoms with van der Waals surface area (Å²) in [7, 11) is 0. The Labute approximate surface area is 153 Å². The van der Waals surface area contributed by atoms with Crippen LogP contribution in [0, 0.1) is 25.2 Å². The van der Waals surface area contributed by atoms with Crippen LogP contribution in [0.2, 0.25) is 0 Å². The highest BCUT2D eigenvalue weighted by Gasteiger charge is 2.18. The van der Waals surface area contributed by atoms with Gasteiger partial charge in [-0.3, -0.25) is 4.79 Å². The normalized spacial score (nSPS) is 10.5. The van der Waals surface area contributed by atoms with Gasteiger partial charge < -0.3 is 9.88 Å². The molecule has 1 aromatic heterocycles. The number of nitrogens with zero attached hydrogens (tertiary/aromatic N) is 2. The summed E-state index contributed by atoms with van der Waals surface area (Å²) >= 11 is 0. The van der Waals surface area contributed by atoms with Crippen LogP contribution >= 0.6 is 0 Å². The van der Waals surface area contributed by atoms with Crippen LogP contribution in [0.15, 0.2) is 55.1 Å². The number of hydrogen-bond acceptors (Lipinski definition) is 2. The summed E-state index contributed by atoms with van der Waals surface area (Å²) in [4.78, 5) is 18.0. The van der Waals surface area contributed by atoms with E-state index in [1.165, 1.54) is 0 Å². The fourth-order valence-electron chi connectivity index (χ4n) is 3.17. The Hall–Kier alpha value is -3.32. The third-order valence-corrected chi connectivity index (χ3v) is 4.41. The number of H-pyrrole nitrogens is 1. The van der Waals surface area contributed by atoms with Crippen LogP contribution in [0.1, 0.15) is 32.7 Å². The second kappa shape index (κ2) is 7.28. The van der Waals surface area contributed by atoms with E-state index in [9.17, 15) is 4.79 Å². The topological polar surface area (TPSA) is 59.9 Å². The standard InChI is InChI=1S/C22H21N3O/c1-4-9-25(14-18-7-5-17(13-23)6-8-18)22(26)21-12-19-16(3)10-15(2)11-20(19)24-21/h4-8,10-12,24H,1,9,14H2,2-3H3. The zero-order valence-corrected chi connectivity index (χ0v) is 15.0. The number of carbonyl (C=O) groups is 1. The van der Waals surface area contributed by atoms with E-state index in [1.54, 1.807) is 23.1 Å². The summed E-state index contributed by atoms with van der Waals surface area (Å²) in [5, 5.41) is 9.98. The molecule has 0 saturated heterocycles. The number of aromatic nitrogens is 1. The minimum absolute atomic E-state index is 0.0671. The van der Waals surface area contributed by atoms with Crippen molar-refractivity contribution < 1.29 is 4.79 Å². The first-order valence-electron chi connectivity index (χ1n) is 8.51. The number of hydrogen-bond donors (Lipinski definition) is 1. The molecule has 4 heteroatoms. The highest BCUT2D eigenvalue weighted by atomic mass is 16.2. The van der Waals surface area contributed by atoms with Crippen molar-refractivity contribution >= 4 is 16.8 Å². The van der Waals surface area contributed by atoms with Crippen molar-refractivity contribution in [1.82, 2.24) is 9.88 Å². The maximum atomic E-state index is 13.0.